The Labute approximate surface area is 102 Å². The zero-order valence-corrected chi connectivity index (χ0v) is 10.2. The van der Waals surface area contributed by atoms with Gasteiger partial charge in [0, 0.05) is 11.9 Å². The summed E-state index contributed by atoms with van der Waals surface area (Å²) in [6.07, 6.45) is 4.05. The molecule has 16 heavy (non-hydrogen) atoms. The molecule has 2 rings (SSSR count). The molecular formula is C12H12BrNO2. The topological polar surface area (TPSA) is 46.3 Å². The number of aryl methyl sites for hydroxylation is 1. The third kappa shape index (κ3) is 2.71. The number of furan rings is 1. The van der Waals surface area contributed by atoms with Crippen molar-refractivity contribution in [1.29, 1.82) is 0 Å². The highest BCUT2D eigenvalue weighted by Gasteiger charge is 2.14. The van der Waals surface area contributed by atoms with Gasteiger partial charge >= 0.3 is 0 Å². The van der Waals surface area contributed by atoms with E-state index in [0.29, 0.717) is 12.2 Å². The van der Waals surface area contributed by atoms with Crippen LogP contribution in [0.25, 0.3) is 0 Å². The van der Waals surface area contributed by atoms with Gasteiger partial charge in [0.15, 0.2) is 0 Å². The molecule has 0 spiro atoms. The van der Waals surface area contributed by atoms with Crippen LogP contribution in [0.3, 0.4) is 0 Å². The van der Waals surface area contributed by atoms with Gasteiger partial charge in [0.25, 0.3) is 0 Å². The van der Waals surface area contributed by atoms with Crippen molar-refractivity contribution in [3.05, 3.63) is 52.7 Å². The van der Waals surface area contributed by atoms with Gasteiger partial charge in [-0.2, -0.15) is 0 Å². The van der Waals surface area contributed by atoms with Gasteiger partial charge in [0.2, 0.25) is 0 Å². The molecule has 1 unspecified atom stereocenters. The molecule has 0 bridgehead atoms. The van der Waals surface area contributed by atoms with E-state index in [-0.39, 0.29) is 0 Å². The summed E-state index contributed by atoms with van der Waals surface area (Å²) in [5, 5.41) is 9.90. The predicted octanol–water partition coefficient (Wildman–Crippen LogP) is 3.10. The van der Waals surface area contributed by atoms with Gasteiger partial charge in [-0.1, -0.05) is 6.07 Å². The Bertz CT molecular complexity index is 441. The minimum absolute atomic E-state index is 0.580. The lowest BCUT2D eigenvalue weighted by Gasteiger charge is -2.07. The van der Waals surface area contributed by atoms with Crippen molar-refractivity contribution in [3.63, 3.8) is 0 Å². The van der Waals surface area contributed by atoms with Crippen molar-refractivity contribution in [2.45, 2.75) is 18.9 Å². The fraction of sp³-hybridized carbons (Fsp3) is 0.250. The Morgan fingerprint density at radius 2 is 2.25 bits per heavy atom. The van der Waals surface area contributed by atoms with Crippen LogP contribution in [0.15, 0.2) is 45.6 Å². The molecule has 0 aliphatic carbocycles. The van der Waals surface area contributed by atoms with E-state index in [9.17, 15) is 5.11 Å². The zero-order chi connectivity index (χ0) is 11.4. The van der Waals surface area contributed by atoms with Crippen molar-refractivity contribution < 1.29 is 9.52 Å². The van der Waals surface area contributed by atoms with Gasteiger partial charge < -0.3 is 9.52 Å². The lowest BCUT2D eigenvalue weighted by molar-refractivity contribution is 0.139. The molecule has 2 heterocycles. The maximum Gasteiger partial charge on any atom is 0.146 e. The van der Waals surface area contributed by atoms with Crippen LogP contribution in [0.4, 0.5) is 0 Å². The van der Waals surface area contributed by atoms with E-state index in [1.165, 1.54) is 0 Å². The summed E-state index contributed by atoms with van der Waals surface area (Å²) in [4.78, 5) is 4.20. The van der Waals surface area contributed by atoms with E-state index in [1.54, 1.807) is 18.5 Å². The van der Waals surface area contributed by atoms with Gasteiger partial charge in [0.1, 0.15) is 11.9 Å². The van der Waals surface area contributed by atoms with Crippen LogP contribution < -0.4 is 0 Å². The van der Waals surface area contributed by atoms with Crippen molar-refractivity contribution >= 4 is 15.9 Å². The summed E-state index contributed by atoms with van der Waals surface area (Å²) < 4.78 is 6.00. The first-order valence-corrected chi connectivity index (χ1v) is 5.87. The van der Waals surface area contributed by atoms with Crippen molar-refractivity contribution in [1.82, 2.24) is 4.98 Å². The Balaban J connectivity index is 1.94. The van der Waals surface area contributed by atoms with Crippen LogP contribution in [0.5, 0.6) is 0 Å². The first-order valence-electron chi connectivity index (χ1n) is 5.08. The predicted molar refractivity (Wildman–Crippen MR) is 63.9 cm³/mol. The smallest absolute Gasteiger partial charge is 0.146 e. The first kappa shape index (κ1) is 11.4. The highest BCUT2D eigenvalue weighted by Crippen LogP contribution is 2.27. The second kappa shape index (κ2) is 5.27. The molecule has 2 aromatic rings. The molecule has 84 valence electrons. The number of rotatable bonds is 4. The highest BCUT2D eigenvalue weighted by atomic mass is 79.9. The van der Waals surface area contributed by atoms with Crippen LogP contribution in [0.2, 0.25) is 0 Å². The molecule has 2 aromatic heterocycles. The lowest BCUT2D eigenvalue weighted by Crippen LogP contribution is -2.00. The molecule has 1 N–H and O–H groups in total. The Kier molecular flexibility index (Phi) is 3.74. The summed E-state index contributed by atoms with van der Waals surface area (Å²) >= 11 is 3.32. The quantitative estimate of drug-likeness (QED) is 0.937. The maximum absolute atomic E-state index is 9.90. The number of pyridine rings is 1. The van der Waals surface area contributed by atoms with Crippen LogP contribution in [-0.2, 0) is 6.42 Å². The van der Waals surface area contributed by atoms with Crippen molar-refractivity contribution in [3.8, 4) is 0 Å². The summed E-state index contributed by atoms with van der Waals surface area (Å²) in [6, 6.07) is 7.55. The fourth-order valence-corrected chi connectivity index (χ4v) is 1.97. The molecule has 0 aliphatic rings. The Morgan fingerprint density at radius 3 is 2.88 bits per heavy atom. The molecule has 4 heteroatoms. The van der Waals surface area contributed by atoms with Gasteiger partial charge in [0.05, 0.1) is 10.7 Å². The highest BCUT2D eigenvalue weighted by molar-refractivity contribution is 9.10. The first-order chi connectivity index (χ1) is 7.77. The summed E-state index contributed by atoms with van der Waals surface area (Å²) in [7, 11) is 0. The summed E-state index contributed by atoms with van der Waals surface area (Å²) in [5.74, 6) is 0.580. The SMILES string of the molecule is OC(CCc1ccccn1)c1occc1Br. The second-order valence-corrected chi connectivity index (χ2v) is 4.36. The zero-order valence-electron chi connectivity index (χ0n) is 8.64. The number of aliphatic hydroxyl groups is 1. The van der Waals surface area contributed by atoms with Gasteiger partial charge in [-0.15, -0.1) is 0 Å². The molecule has 1 atom stereocenters. The summed E-state index contributed by atoms with van der Waals surface area (Å²) in [6.45, 7) is 0. The maximum atomic E-state index is 9.90. The van der Waals surface area contributed by atoms with E-state index in [0.717, 1.165) is 16.6 Å². The second-order valence-electron chi connectivity index (χ2n) is 3.51. The van der Waals surface area contributed by atoms with Gasteiger partial charge in [-0.25, -0.2) is 0 Å². The van der Waals surface area contributed by atoms with E-state index < -0.39 is 6.10 Å². The van der Waals surface area contributed by atoms with Crippen LogP contribution in [0.1, 0.15) is 24.0 Å². The van der Waals surface area contributed by atoms with Gasteiger partial charge in [-0.05, 0) is 47.0 Å². The molecule has 0 radical (unpaired) electrons. The van der Waals surface area contributed by atoms with E-state index >= 15 is 0 Å². The lowest BCUT2D eigenvalue weighted by atomic mass is 10.1. The molecule has 3 nitrogen and oxygen atoms in total. The van der Waals surface area contributed by atoms with Crippen LogP contribution in [0, 0.1) is 0 Å². The average molecular weight is 282 g/mol. The van der Waals surface area contributed by atoms with Crippen LogP contribution in [-0.4, -0.2) is 10.1 Å². The standard InChI is InChI=1S/C12H12BrNO2/c13-10-6-8-16-12(10)11(15)5-4-9-3-1-2-7-14-9/h1-3,6-8,11,15H,4-5H2. The number of aromatic nitrogens is 1. The fourth-order valence-electron chi connectivity index (χ4n) is 1.50. The number of halogens is 1. The monoisotopic (exact) mass is 281 g/mol. The molecule has 0 saturated heterocycles. The molecule has 0 amide bonds. The number of hydrogen-bond acceptors (Lipinski definition) is 3. The molecule has 0 fully saturated rings. The third-order valence-corrected chi connectivity index (χ3v) is 3.00. The third-order valence-electron chi connectivity index (χ3n) is 2.35. The Morgan fingerprint density at radius 1 is 1.38 bits per heavy atom. The summed E-state index contributed by atoms with van der Waals surface area (Å²) in [5.41, 5.74) is 0.976. The van der Waals surface area contributed by atoms with E-state index in [2.05, 4.69) is 20.9 Å². The van der Waals surface area contributed by atoms with E-state index in [1.807, 2.05) is 18.2 Å². The molecule has 0 aromatic carbocycles. The molecular weight excluding hydrogens is 270 g/mol. The van der Waals surface area contributed by atoms with Crippen LogP contribution >= 0.6 is 15.9 Å². The average Bonchev–Trinajstić information content (AvgIpc) is 2.74. The normalized spacial score (nSPS) is 12.6. The molecule has 0 aliphatic heterocycles. The minimum Gasteiger partial charge on any atom is -0.465 e. The molecule has 0 saturated carbocycles. The van der Waals surface area contributed by atoms with Gasteiger partial charge in [-0.3, -0.25) is 4.98 Å². The Hall–Kier alpha value is -1.13. The largest absolute Gasteiger partial charge is 0.465 e. The number of aliphatic hydroxyl groups excluding tert-OH is 1. The van der Waals surface area contributed by atoms with E-state index in [4.69, 9.17) is 4.42 Å². The minimum atomic E-state index is -0.591. The number of hydrogen-bond donors (Lipinski definition) is 1. The van der Waals surface area contributed by atoms with Crippen molar-refractivity contribution in [2.24, 2.45) is 0 Å². The van der Waals surface area contributed by atoms with Crippen molar-refractivity contribution in [2.75, 3.05) is 0 Å². The number of nitrogens with zero attached hydrogens (tertiary/aromatic N) is 1.